The SMILES string of the molecule is CCn1cc(-c2cc(C(=O)NCCN3CCOCC3)nn2C)c2ccccc21. The summed E-state index contributed by atoms with van der Waals surface area (Å²) < 4.78 is 9.36. The van der Waals surface area contributed by atoms with Crippen LogP contribution in [0.25, 0.3) is 22.2 Å². The van der Waals surface area contributed by atoms with Crippen molar-refractivity contribution < 1.29 is 9.53 Å². The zero-order chi connectivity index (χ0) is 19.5. The van der Waals surface area contributed by atoms with E-state index < -0.39 is 0 Å². The van der Waals surface area contributed by atoms with Crippen molar-refractivity contribution in [3.63, 3.8) is 0 Å². The number of para-hydroxylation sites is 1. The van der Waals surface area contributed by atoms with Gasteiger partial charge in [0.2, 0.25) is 0 Å². The third kappa shape index (κ3) is 3.68. The molecule has 1 N–H and O–H groups in total. The van der Waals surface area contributed by atoms with Crippen molar-refractivity contribution in [1.82, 2.24) is 24.6 Å². The topological polar surface area (TPSA) is 64.3 Å². The molecule has 0 bridgehead atoms. The standard InChI is InChI=1S/C21H27N5O2/c1-3-26-15-17(16-6-4-5-7-19(16)26)20-14-18(23-24(20)2)21(27)22-8-9-25-10-12-28-13-11-25/h4-7,14-15H,3,8-13H2,1-2H3,(H,22,27). The number of aryl methyl sites for hydroxylation is 2. The Labute approximate surface area is 164 Å². The summed E-state index contributed by atoms with van der Waals surface area (Å²) in [5.41, 5.74) is 3.69. The van der Waals surface area contributed by atoms with E-state index in [2.05, 4.69) is 51.2 Å². The molecule has 1 amide bonds. The minimum absolute atomic E-state index is 0.130. The molecule has 0 radical (unpaired) electrons. The Bertz CT molecular complexity index is 968. The van der Waals surface area contributed by atoms with Crippen molar-refractivity contribution in [3.05, 3.63) is 42.2 Å². The Balaban J connectivity index is 1.50. The van der Waals surface area contributed by atoms with E-state index in [1.165, 1.54) is 10.9 Å². The molecule has 4 rings (SSSR count). The average molecular weight is 381 g/mol. The molecule has 0 unspecified atom stereocenters. The van der Waals surface area contributed by atoms with Gasteiger partial charge >= 0.3 is 0 Å². The highest BCUT2D eigenvalue weighted by molar-refractivity contribution is 5.98. The minimum atomic E-state index is -0.130. The second kappa shape index (κ2) is 8.16. The van der Waals surface area contributed by atoms with Crippen molar-refractivity contribution in [1.29, 1.82) is 0 Å². The predicted molar refractivity (Wildman–Crippen MR) is 109 cm³/mol. The zero-order valence-corrected chi connectivity index (χ0v) is 16.5. The van der Waals surface area contributed by atoms with E-state index in [1.807, 2.05) is 19.2 Å². The molecule has 7 heteroatoms. The van der Waals surface area contributed by atoms with Crippen LogP contribution in [0.5, 0.6) is 0 Å². The van der Waals surface area contributed by atoms with E-state index in [9.17, 15) is 4.79 Å². The van der Waals surface area contributed by atoms with Crippen molar-refractivity contribution >= 4 is 16.8 Å². The number of hydrogen-bond donors (Lipinski definition) is 1. The summed E-state index contributed by atoms with van der Waals surface area (Å²) in [5.74, 6) is -0.130. The maximum absolute atomic E-state index is 12.6. The lowest BCUT2D eigenvalue weighted by Crippen LogP contribution is -2.41. The van der Waals surface area contributed by atoms with Crippen LogP contribution in [-0.2, 0) is 18.3 Å². The number of benzene rings is 1. The van der Waals surface area contributed by atoms with Crippen LogP contribution in [0.1, 0.15) is 17.4 Å². The van der Waals surface area contributed by atoms with Crippen LogP contribution in [0.2, 0.25) is 0 Å². The first kappa shape index (κ1) is 18.7. The number of nitrogens with one attached hydrogen (secondary N) is 1. The molecule has 1 saturated heterocycles. The molecular formula is C21H27N5O2. The third-order valence-corrected chi connectivity index (χ3v) is 5.33. The minimum Gasteiger partial charge on any atom is -0.379 e. The number of nitrogens with zero attached hydrogens (tertiary/aromatic N) is 4. The fourth-order valence-electron chi connectivity index (χ4n) is 3.79. The van der Waals surface area contributed by atoms with Gasteiger partial charge in [-0.05, 0) is 19.1 Å². The Morgan fingerprint density at radius 2 is 2.04 bits per heavy atom. The number of carbonyl (C=O) groups excluding carboxylic acids is 1. The summed E-state index contributed by atoms with van der Waals surface area (Å²) in [4.78, 5) is 14.9. The highest BCUT2D eigenvalue weighted by atomic mass is 16.5. The highest BCUT2D eigenvalue weighted by Crippen LogP contribution is 2.30. The normalized spacial score (nSPS) is 15.2. The Morgan fingerprint density at radius 1 is 1.25 bits per heavy atom. The number of carbonyl (C=O) groups is 1. The van der Waals surface area contributed by atoms with Crippen LogP contribution < -0.4 is 5.32 Å². The zero-order valence-electron chi connectivity index (χ0n) is 16.5. The Hall–Kier alpha value is -2.64. The van der Waals surface area contributed by atoms with Gasteiger partial charge in [0.15, 0.2) is 5.69 Å². The fourth-order valence-corrected chi connectivity index (χ4v) is 3.79. The van der Waals surface area contributed by atoms with E-state index >= 15 is 0 Å². The summed E-state index contributed by atoms with van der Waals surface area (Å²) in [5, 5.41) is 8.62. The molecule has 0 spiro atoms. The fraction of sp³-hybridized carbons (Fsp3) is 0.429. The molecular weight excluding hydrogens is 354 g/mol. The largest absolute Gasteiger partial charge is 0.379 e. The lowest BCUT2D eigenvalue weighted by atomic mass is 10.1. The molecule has 148 valence electrons. The van der Waals surface area contributed by atoms with Crippen LogP contribution in [0.15, 0.2) is 36.5 Å². The summed E-state index contributed by atoms with van der Waals surface area (Å²) in [7, 11) is 1.89. The highest BCUT2D eigenvalue weighted by Gasteiger charge is 2.18. The molecule has 28 heavy (non-hydrogen) atoms. The quantitative estimate of drug-likeness (QED) is 0.710. The van der Waals surface area contributed by atoms with Gasteiger partial charge in [-0.15, -0.1) is 0 Å². The molecule has 2 aromatic heterocycles. The molecule has 0 aliphatic carbocycles. The first-order chi connectivity index (χ1) is 13.7. The summed E-state index contributed by atoms with van der Waals surface area (Å²) in [6, 6.07) is 10.2. The van der Waals surface area contributed by atoms with Crippen molar-refractivity contribution in [2.75, 3.05) is 39.4 Å². The smallest absolute Gasteiger partial charge is 0.271 e. The first-order valence-electron chi connectivity index (χ1n) is 9.88. The van der Waals surface area contributed by atoms with Gasteiger partial charge in [0.25, 0.3) is 5.91 Å². The van der Waals surface area contributed by atoms with Crippen LogP contribution in [0, 0.1) is 0 Å². The van der Waals surface area contributed by atoms with Gasteiger partial charge in [-0.2, -0.15) is 5.10 Å². The molecule has 3 aromatic rings. The number of aromatic nitrogens is 3. The van der Waals surface area contributed by atoms with Gasteiger partial charge < -0.3 is 14.6 Å². The number of amides is 1. The lowest BCUT2D eigenvalue weighted by Gasteiger charge is -2.26. The van der Waals surface area contributed by atoms with Gasteiger partial charge in [0.05, 0.1) is 18.9 Å². The maximum Gasteiger partial charge on any atom is 0.271 e. The van der Waals surface area contributed by atoms with Gasteiger partial charge in [-0.1, -0.05) is 18.2 Å². The van der Waals surface area contributed by atoms with Crippen LogP contribution in [0.3, 0.4) is 0 Å². The van der Waals surface area contributed by atoms with E-state index in [0.717, 1.165) is 50.7 Å². The Kier molecular flexibility index (Phi) is 5.45. The maximum atomic E-state index is 12.6. The van der Waals surface area contributed by atoms with Crippen molar-refractivity contribution in [3.8, 4) is 11.3 Å². The molecule has 1 aromatic carbocycles. The molecule has 1 fully saturated rings. The molecule has 7 nitrogen and oxygen atoms in total. The number of morpholine rings is 1. The second-order valence-electron chi connectivity index (χ2n) is 7.09. The van der Waals surface area contributed by atoms with E-state index in [1.54, 1.807) is 4.68 Å². The number of ether oxygens (including phenoxy) is 1. The molecule has 1 aliphatic rings. The second-order valence-corrected chi connectivity index (χ2v) is 7.09. The van der Waals surface area contributed by atoms with Crippen LogP contribution in [-0.4, -0.2) is 64.5 Å². The van der Waals surface area contributed by atoms with Gasteiger partial charge in [0, 0.05) is 62.4 Å². The summed E-state index contributed by atoms with van der Waals surface area (Å²) in [6.07, 6.45) is 2.14. The number of rotatable bonds is 6. The van der Waals surface area contributed by atoms with Gasteiger partial charge in [-0.25, -0.2) is 0 Å². The molecule has 0 atom stereocenters. The van der Waals surface area contributed by atoms with Gasteiger partial charge in [0.1, 0.15) is 0 Å². The van der Waals surface area contributed by atoms with E-state index in [4.69, 9.17) is 4.74 Å². The molecule has 0 saturated carbocycles. The summed E-state index contributed by atoms with van der Waals surface area (Å²) >= 11 is 0. The average Bonchev–Trinajstić information content (AvgIpc) is 3.29. The Morgan fingerprint density at radius 3 is 2.82 bits per heavy atom. The molecule has 3 heterocycles. The van der Waals surface area contributed by atoms with Crippen LogP contribution >= 0.6 is 0 Å². The third-order valence-electron chi connectivity index (χ3n) is 5.33. The summed E-state index contributed by atoms with van der Waals surface area (Å²) in [6.45, 7) is 7.85. The lowest BCUT2D eigenvalue weighted by molar-refractivity contribution is 0.0383. The first-order valence-corrected chi connectivity index (χ1v) is 9.88. The van der Waals surface area contributed by atoms with Gasteiger partial charge in [-0.3, -0.25) is 14.4 Å². The van der Waals surface area contributed by atoms with Crippen LogP contribution in [0.4, 0.5) is 0 Å². The number of hydrogen-bond acceptors (Lipinski definition) is 4. The van der Waals surface area contributed by atoms with Crippen molar-refractivity contribution in [2.45, 2.75) is 13.5 Å². The number of fused-ring (bicyclic) bond motifs is 1. The molecule has 1 aliphatic heterocycles. The predicted octanol–water partition coefficient (Wildman–Crippen LogP) is 2.12. The van der Waals surface area contributed by atoms with E-state index in [0.29, 0.717) is 12.2 Å². The monoisotopic (exact) mass is 381 g/mol. The van der Waals surface area contributed by atoms with E-state index in [-0.39, 0.29) is 5.91 Å². The van der Waals surface area contributed by atoms with Crippen molar-refractivity contribution in [2.24, 2.45) is 7.05 Å².